The van der Waals surface area contributed by atoms with Crippen LogP contribution in [0, 0.1) is 11.8 Å². The number of carbonyl (C=O) groups excluding carboxylic acids is 2. The normalized spacial score (nSPS) is 21.1. The highest BCUT2D eigenvalue weighted by atomic mass is 16.5. The van der Waals surface area contributed by atoms with Crippen molar-refractivity contribution in [2.45, 2.75) is 6.42 Å². The van der Waals surface area contributed by atoms with Crippen molar-refractivity contribution < 1.29 is 14.3 Å². The second-order valence-electron chi connectivity index (χ2n) is 4.86. The summed E-state index contributed by atoms with van der Waals surface area (Å²) in [7, 11) is 1.36. The molecule has 0 heterocycles. The average molecular weight is 254 g/mol. The number of esters is 1. The Morgan fingerprint density at radius 1 is 1.05 bits per heavy atom. The maximum Gasteiger partial charge on any atom is 0.309 e. The van der Waals surface area contributed by atoms with E-state index < -0.39 is 0 Å². The van der Waals surface area contributed by atoms with Crippen molar-refractivity contribution in [2.75, 3.05) is 7.11 Å². The fourth-order valence-corrected chi connectivity index (χ4v) is 2.54. The molecule has 1 fully saturated rings. The van der Waals surface area contributed by atoms with Crippen molar-refractivity contribution in [2.24, 2.45) is 11.8 Å². The van der Waals surface area contributed by atoms with E-state index in [0.29, 0.717) is 12.0 Å². The lowest BCUT2D eigenvalue weighted by molar-refractivity contribution is -0.142. The molecule has 0 saturated heterocycles. The second-order valence-corrected chi connectivity index (χ2v) is 4.86. The summed E-state index contributed by atoms with van der Waals surface area (Å²) < 4.78 is 4.69. The summed E-state index contributed by atoms with van der Waals surface area (Å²) in [5, 5.41) is 1.99. The number of hydrogen-bond acceptors (Lipinski definition) is 3. The van der Waals surface area contributed by atoms with Crippen LogP contribution >= 0.6 is 0 Å². The third kappa shape index (κ3) is 2.01. The second kappa shape index (κ2) is 4.50. The van der Waals surface area contributed by atoms with Gasteiger partial charge in [-0.05, 0) is 17.2 Å². The van der Waals surface area contributed by atoms with Gasteiger partial charge in [-0.15, -0.1) is 0 Å². The van der Waals surface area contributed by atoms with Crippen molar-refractivity contribution in [1.29, 1.82) is 0 Å². The van der Waals surface area contributed by atoms with Crippen LogP contribution in [-0.4, -0.2) is 18.9 Å². The maximum atomic E-state index is 12.4. The number of hydrogen-bond donors (Lipinski definition) is 0. The largest absolute Gasteiger partial charge is 0.469 e. The van der Waals surface area contributed by atoms with Crippen LogP contribution in [0.3, 0.4) is 0 Å². The fourth-order valence-electron chi connectivity index (χ4n) is 2.54. The SMILES string of the molecule is COC(=O)[C@@H]1C[C@H]1C(=O)c1cccc2ccccc12. The van der Waals surface area contributed by atoms with Gasteiger partial charge in [0.25, 0.3) is 0 Å². The number of rotatable bonds is 3. The molecule has 1 saturated carbocycles. The fraction of sp³-hybridized carbons (Fsp3) is 0.250. The maximum absolute atomic E-state index is 12.4. The Hall–Kier alpha value is -2.16. The van der Waals surface area contributed by atoms with Gasteiger partial charge >= 0.3 is 5.97 Å². The Balaban J connectivity index is 1.93. The molecular weight excluding hydrogens is 240 g/mol. The van der Waals surface area contributed by atoms with Crippen LogP contribution in [-0.2, 0) is 9.53 Å². The molecule has 3 rings (SSSR count). The van der Waals surface area contributed by atoms with Crippen molar-refractivity contribution in [1.82, 2.24) is 0 Å². The first kappa shape index (κ1) is 11.9. The van der Waals surface area contributed by atoms with E-state index in [1.54, 1.807) is 0 Å². The molecule has 0 radical (unpaired) electrons. The molecule has 3 nitrogen and oxygen atoms in total. The van der Waals surface area contributed by atoms with E-state index >= 15 is 0 Å². The number of fused-ring (bicyclic) bond motifs is 1. The van der Waals surface area contributed by atoms with Crippen molar-refractivity contribution in [3.05, 3.63) is 48.0 Å². The molecule has 96 valence electrons. The molecule has 0 amide bonds. The van der Waals surface area contributed by atoms with Gasteiger partial charge in [0.05, 0.1) is 13.0 Å². The van der Waals surface area contributed by atoms with Crippen molar-refractivity contribution in [3.8, 4) is 0 Å². The highest BCUT2D eigenvalue weighted by Gasteiger charge is 2.49. The van der Waals surface area contributed by atoms with E-state index in [0.717, 1.165) is 10.8 Å². The van der Waals surface area contributed by atoms with E-state index in [4.69, 9.17) is 0 Å². The van der Waals surface area contributed by atoms with E-state index in [1.807, 2.05) is 42.5 Å². The minimum absolute atomic E-state index is 0.0483. The molecular formula is C16H14O3. The monoisotopic (exact) mass is 254 g/mol. The Morgan fingerprint density at radius 2 is 1.79 bits per heavy atom. The molecule has 1 aliphatic rings. The molecule has 2 aromatic carbocycles. The summed E-state index contributed by atoms with van der Waals surface area (Å²) in [6, 6.07) is 13.5. The Morgan fingerprint density at radius 3 is 2.58 bits per heavy atom. The number of ketones is 1. The molecule has 0 spiro atoms. The molecule has 3 heteroatoms. The molecule has 0 bridgehead atoms. The number of methoxy groups -OCH3 is 1. The van der Waals surface area contributed by atoms with Crippen LogP contribution in [0.5, 0.6) is 0 Å². The lowest BCUT2D eigenvalue weighted by Gasteiger charge is -2.05. The molecule has 2 aromatic rings. The van der Waals surface area contributed by atoms with Crippen LogP contribution in [0.15, 0.2) is 42.5 Å². The summed E-state index contributed by atoms with van der Waals surface area (Å²) in [4.78, 5) is 23.9. The predicted molar refractivity (Wildman–Crippen MR) is 71.9 cm³/mol. The minimum atomic E-state index is -0.279. The Labute approximate surface area is 111 Å². The molecule has 2 atom stereocenters. The standard InChI is InChI=1S/C16H14O3/c1-19-16(18)14-9-13(14)15(17)12-8-4-6-10-5-2-3-7-11(10)12/h2-8,13-14H,9H2,1H3/t13-,14-/m1/s1. The van der Waals surface area contributed by atoms with Crippen LogP contribution < -0.4 is 0 Å². The van der Waals surface area contributed by atoms with Crippen molar-refractivity contribution >= 4 is 22.5 Å². The lowest BCUT2D eigenvalue weighted by Crippen LogP contribution is -2.10. The number of benzene rings is 2. The summed E-state index contributed by atoms with van der Waals surface area (Å²) in [6.07, 6.45) is 0.606. The van der Waals surface area contributed by atoms with E-state index in [9.17, 15) is 9.59 Å². The van der Waals surface area contributed by atoms with E-state index in [1.165, 1.54) is 7.11 Å². The van der Waals surface area contributed by atoms with Gasteiger partial charge < -0.3 is 4.74 Å². The summed E-state index contributed by atoms with van der Waals surface area (Å²) in [6.45, 7) is 0. The minimum Gasteiger partial charge on any atom is -0.469 e. The van der Waals surface area contributed by atoms with Crippen LogP contribution in [0.25, 0.3) is 10.8 Å². The molecule has 0 aromatic heterocycles. The zero-order chi connectivity index (χ0) is 13.4. The summed E-state index contributed by atoms with van der Waals surface area (Å²) >= 11 is 0. The molecule has 0 unspecified atom stereocenters. The first-order chi connectivity index (χ1) is 9.22. The van der Waals surface area contributed by atoms with E-state index in [-0.39, 0.29) is 23.6 Å². The first-order valence-corrected chi connectivity index (χ1v) is 6.32. The van der Waals surface area contributed by atoms with Gasteiger partial charge in [0.15, 0.2) is 5.78 Å². The van der Waals surface area contributed by atoms with Gasteiger partial charge in [0, 0.05) is 11.5 Å². The molecule has 19 heavy (non-hydrogen) atoms. The van der Waals surface area contributed by atoms with Crippen LogP contribution in [0.1, 0.15) is 16.8 Å². The smallest absolute Gasteiger partial charge is 0.309 e. The zero-order valence-electron chi connectivity index (χ0n) is 10.6. The van der Waals surface area contributed by atoms with Crippen LogP contribution in [0.4, 0.5) is 0 Å². The van der Waals surface area contributed by atoms with Gasteiger partial charge in [0.1, 0.15) is 0 Å². The lowest BCUT2D eigenvalue weighted by atomic mass is 9.98. The van der Waals surface area contributed by atoms with Gasteiger partial charge in [-0.1, -0.05) is 42.5 Å². The van der Waals surface area contributed by atoms with E-state index in [2.05, 4.69) is 4.74 Å². The number of carbonyl (C=O) groups is 2. The summed E-state index contributed by atoms with van der Waals surface area (Å²) in [5.74, 6) is -0.694. The van der Waals surface area contributed by atoms with Crippen LogP contribution in [0.2, 0.25) is 0 Å². The number of ether oxygens (including phenoxy) is 1. The predicted octanol–water partition coefficient (Wildman–Crippen LogP) is 2.83. The molecule has 0 N–H and O–H groups in total. The van der Waals surface area contributed by atoms with Gasteiger partial charge in [-0.3, -0.25) is 9.59 Å². The third-order valence-corrected chi connectivity index (χ3v) is 3.69. The first-order valence-electron chi connectivity index (χ1n) is 6.32. The highest BCUT2D eigenvalue weighted by molar-refractivity contribution is 6.11. The Bertz CT molecular complexity index is 655. The molecule has 0 aliphatic heterocycles. The quantitative estimate of drug-likeness (QED) is 0.625. The number of Topliss-reactive ketones (excluding diaryl/α,β-unsaturated/α-hetero) is 1. The van der Waals surface area contributed by atoms with Crippen molar-refractivity contribution in [3.63, 3.8) is 0 Å². The van der Waals surface area contributed by atoms with Gasteiger partial charge in [-0.25, -0.2) is 0 Å². The van der Waals surface area contributed by atoms with Gasteiger partial charge in [-0.2, -0.15) is 0 Å². The third-order valence-electron chi connectivity index (χ3n) is 3.69. The zero-order valence-corrected chi connectivity index (χ0v) is 10.6. The molecule has 1 aliphatic carbocycles. The summed E-state index contributed by atoms with van der Waals surface area (Å²) in [5.41, 5.74) is 0.703. The average Bonchev–Trinajstić information content (AvgIpc) is 3.25. The topological polar surface area (TPSA) is 43.4 Å². The highest BCUT2D eigenvalue weighted by Crippen LogP contribution is 2.42. The Kier molecular flexibility index (Phi) is 2.82. The van der Waals surface area contributed by atoms with Gasteiger partial charge in [0.2, 0.25) is 0 Å².